The standard InChI is InChI=1S/C20H23N5O/c1-2-17(18-11-7-4-8-12-18)14-21-20(26)19(25-15-22-23-24-25)13-16-9-5-3-6-10-16/h3-12,15,17,19H,2,13-14H2,1H3,(H,21,26). The van der Waals surface area contributed by atoms with Crippen LogP contribution in [0.15, 0.2) is 67.0 Å². The Balaban J connectivity index is 1.69. The van der Waals surface area contributed by atoms with Crippen LogP contribution in [0.3, 0.4) is 0 Å². The maximum absolute atomic E-state index is 12.9. The number of hydrogen-bond donors (Lipinski definition) is 1. The molecule has 2 atom stereocenters. The van der Waals surface area contributed by atoms with Gasteiger partial charge in [-0.2, -0.15) is 0 Å². The lowest BCUT2D eigenvalue weighted by atomic mass is 9.96. The van der Waals surface area contributed by atoms with Crippen LogP contribution in [0.4, 0.5) is 0 Å². The van der Waals surface area contributed by atoms with Gasteiger partial charge < -0.3 is 5.32 Å². The largest absolute Gasteiger partial charge is 0.354 e. The van der Waals surface area contributed by atoms with E-state index in [0.29, 0.717) is 13.0 Å². The molecule has 0 saturated heterocycles. The molecule has 0 aliphatic heterocycles. The van der Waals surface area contributed by atoms with Gasteiger partial charge >= 0.3 is 0 Å². The van der Waals surface area contributed by atoms with Gasteiger partial charge in [0.2, 0.25) is 5.91 Å². The van der Waals surface area contributed by atoms with Gasteiger partial charge in [-0.15, -0.1) is 5.10 Å². The highest BCUT2D eigenvalue weighted by molar-refractivity contribution is 5.80. The Labute approximate surface area is 153 Å². The van der Waals surface area contributed by atoms with Crippen molar-refractivity contribution in [3.8, 4) is 0 Å². The second kappa shape index (κ2) is 8.89. The van der Waals surface area contributed by atoms with Gasteiger partial charge in [0.15, 0.2) is 0 Å². The maximum atomic E-state index is 12.9. The monoisotopic (exact) mass is 349 g/mol. The van der Waals surface area contributed by atoms with Crippen LogP contribution in [0.25, 0.3) is 0 Å². The molecule has 1 aromatic heterocycles. The Morgan fingerprint density at radius 3 is 2.38 bits per heavy atom. The molecule has 0 saturated carbocycles. The van der Waals surface area contributed by atoms with E-state index in [1.165, 1.54) is 16.6 Å². The molecule has 3 aromatic rings. The third kappa shape index (κ3) is 4.53. The van der Waals surface area contributed by atoms with E-state index in [2.05, 4.69) is 39.9 Å². The van der Waals surface area contributed by atoms with Crippen molar-refractivity contribution in [1.82, 2.24) is 25.5 Å². The van der Waals surface area contributed by atoms with Crippen LogP contribution < -0.4 is 5.32 Å². The Morgan fingerprint density at radius 2 is 1.77 bits per heavy atom. The molecule has 0 aliphatic rings. The van der Waals surface area contributed by atoms with E-state index in [1.54, 1.807) is 0 Å². The molecular weight excluding hydrogens is 326 g/mol. The minimum atomic E-state index is -0.472. The SMILES string of the molecule is CCC(CNC(=O)C(Cc1ccccc1)n1cnnn1)c1ccccc1. The molecule has 2 unspecified atom stereocenters. The lowest BCUT2D eigenvalue weighted by Gasteiger charge is -2.20. The molecule has 2 aromatic carbocycles. The van der Waals surface area contributed by atoms with Crippen LogP contribution in [-0.4, -0.2) is 32.7 Å². The van der Waals surface area contributed by atoms with E-state index in [-0.39, 0.29) is 11.8 Å². The van der Waals surface area contributed by atoms with Crippen LogP contribution >= 0.6 is 0 Å². The van der Waals surface area contributed by atoms with Crippen LogP contribution in [-0.2, 0) is 11.2 Å². The van der Waals surface area contributed by atoms with E-state index in [9.17, 15) is 4.79 Å². The van der Waals surface area contributed by atoms with Crippen molar-refractivity contribution in [3.05, 3.63) is 78.1 Å². The predicted octanol–water partition coefficient (Wildman–Crippen LogP) is 2.77. The van der Waals surface area contributed by atoms with Crippen LogP contribution in [0.2, 0.25) is 0 Å². The van der Waals surface area contributed by atoms with Crippen molar-refractivity contribution in [2.75, 3.05) is 6.54 Å². The Kier molecular flexibility index (Phi) is 6.09. The van der Waals surface area contributed by atoms with Crippen LogP contribution in [0.5, 0.6) is 0 Å². The normalized spacial score (nSPS) is 13.1. The highest BCUT2D eigenvalue weighted by Gasteiger charge is 2.23. The number of amides is 1. The molecule has 0 bridgehead atoms. The highest BCUT2D eigenvalue weighted by atomic mass is 16.2. The first-order valence-corrected chi connectivity index (χ1v) is 8.87. The smallest absolute Gasteiger partial charge is 0.245 e. The number of carbonyl (C=O) groups excluding carboxylic acids is 1. The summed E-state index contributed by atoms with van der Waals surface area (Å²) in [5.41, 5.74) is 2.30. The van der Waals surface area contributed by atoms with E-state index in [0.717, 1.165) is 12.0 Å². The quantitative estimate of drug-likeness (QED) is 0.679. The molecular formula is C20H23N5O. The molecule has 0 spiro atoms. The summed E-state index contributed by atoms with van der Waals surface area (Å²) in [6.07, 6.45) is 2.99. The Morgan fingerprint density at radius 1 is 1.08 bits per heavy atom. The molecule has 3 rings (SSSR count). The number of nitrogens with one attached hydrogen (secondary N) is 1. The lowest BCUT2D eigenvalue weighted by Crippen LogP contribution is -2.36. The van der Waals surface area contributed by atoms with Crippen molar-refractivity contribution in [1.29, 1.82) is 0 Å². The fourth-order valence-electron chi connectivity index (χ4n) is 3.02. The molecule has 6 heteroatoms. The van der Waals surface area contributed by atoms with Crippen molar-refractivity contribution in [3.63, 3.8) is 0 Å². The predicted molar refractivity (Wildman–Crippen MR) is 99.5 cm³/mol. The van der Waals surface area contributed by atoms with Gasteiger partial charge in [-0.05, 0) is 28.0 Å². The minimum absolute atomic E-state index is 0.0736. The molecule has 0 radical (unpaired) electrons. The molecule has 1 N–H and O–H groups in total. The zero-order valence-electron chi connectivity index (χ0n) is 14.8. The molecule has 0 aliphatic carbocycles. The summed E-state index contributed by atoms with van der Waals surface area (Å²) in [5, 5.41) is 14.4. The summed E-state index contributed by atoms with van der Waals surface area (Å²) in [4.78, 5) is 12.9. The summed E-state index contributed by atoms with van der Waals surface area (Å²) in [5.74, 6) is 0.210. The van der Waals surface area contributed by atoms with E-state index in [1.807, 2.05) is 48.5 Å². The summed E-state index contributed by atoms with van der Waals surface area (Å²) in [6, 6.07) is 19.7. The first-order chi connectivity index (χ1) is 12.8. The van der Waals surface area contributed by atoms with Crippen molar-refractivity contribution in [2.24, 2.45) is 0 Å². The second-order valence-corrected chi connectivity index (χ2v) is 6.26. The topological polar surface area (TPSA) is 72.7 Å². The van der Waals surface area contributed by atoms with Gasteiger partial charge in [-0.25, -0.2) is 4.68 Å². The average Bonchev–Trinajstić information content (AvgIpc) is 3.22. The van der Waals surface area contributed by atoms with E-state index < -0.39 is 6.04 Å². The number of carbonyl (C=O) groups is 1. The molecule has 0 fully saturated rings. The minimum Gasteiger partial charge on any atom is -0.354 e. The van der Waals surface area contributed by atoms with Gasteiger partial charge in [-0.1, -0.05) is 67.6 Å². The van der Waals surface area contributed by atoms with Crippen molar-refractivity contribution >= 4 is 5.91 Å². The van der Waals surface area contributed by atoms with Gasteiger partial charge in [0.1, 0.15) is 12.4 Å². The lowest BCUT2D eigenvalue weighted by molar-refractivity contribution is -0.124. The Hall–Kier alpha value is -3.02. The zero-order valence-corrected chi connectivity index (χ0v) is 14.8. The number of hydrogen-bond acceptors (Lipinski definition) is 4. The number of nitrogens with zero attached hydrogens (tertiary/aromatic N) is 4. The van der Waals surface area contributed by atoms with E-state index >= 15 is 0 Å². The average molecular weight is 349 g/mol. The number of tetrazole rings is 1. The summed E-state index contributed by atoms with van der Waals surface area (Å²) >= 11 is 0. The second-order valence-electron chi connectivity index (χ2n) is 6.26. The third-order valence-corrected chi connectivity index (χ3v) is 4.55. The molecule has 6 nitrogen and oxygen atoms in total. The van der Waals surface area contributed by atoms with Gasteiger partial charge in [0.25, 0.3) is 0 Å². The van der Waals surface area contributed by atoms with E-state index in [4.69, 9.17) is 0 Å². The molecule has 1 heterocycles. The molecule has 26 heavy (non-hydrogen) atoms. The van der Waals surface area contributed by atoms with Crippen LogP contribution in [0.1, 0.15) is 36.4 Å². The first-order valence-electron chi connectivity index (χ1n) is 8.87. The van der Waals surface area contributed by atoms with Gasteiger partial charge in [0, 0.05) is 18.9 Å². The van der Waals surface area contributed by atoms with Gasteiger partial charge in [0.05, 0.1) is 0 Å². The van der Waals surface area contributed by atoms with Crippen molar-refractivity contribution < 1.29 is 4.79 Å². The Bertz CT molecular complexity index is 790. The highest BCUT2D eigenvalue weighted by Crippen LogP contribution is 2.19. The first kappa shape index (κ1) is 17.8. The fraction of sp³-hybridized carbons (Fsp3) is 0.300. The number of benzene rings is 2. The molecule has 134 valence electrons. The van der Waals surface area contributed by atoms with Crippen LogP contribution in [0, 0.1) is 0 Å². The summed E-state index contributed by atoms with van der Waals surface area (Å²) in [6.45, 7) is 2.72. The maximum Gasteiger partial charge on any atom is 0.245 e. The number of aromatic nitrogens is 4. The molecule has 1 amide bonds. The number of rotatable bonds is 8. The van der Waals surface area contributed by atoms with Crippen molar-refractivity contribution in [2.45, 2.75) is 31.7 Å². The van der Waals surface area contributed by atoms with Gasteiger partial charge in [-0.3, -0.25) is 4.79 Å². The fourth-order valence-corrected chi connectivity index (χ4v) is 3.02. The summed E-state index contributed by atoms with van der Waals surface area (Å²) < 4.78 is 1.52. The zero-order chi connectivity index (χ0) is 18.2. The summed E-state index contributed by atoms with van der Waals surface area (Å²) in [7, 11) is 0. The third-order valence-electron chi connectivity index (χ3n) is 4.55.